The summed E-state index contributed by atoms with van der Waals surface area (Å²) in [4.78, 5) is 14.6. The van der Waals surface area contributed by atoms with Crippen molar-refractivity contribution in [1.82, 2.24) is 15.5 Å². The Kier molecular flexibility index (Phi) is 5.63. The summed E-state index contributed by atoms with van der Waals surface area (Å²) in [5.74, 6) is 0.969. The first-order valence-electron chi connectivity index (χ1n) is 9.57. The highest BCUT2D eigenvalue weighted by molar-refractivity contribution is 6.30. The lowest BCUT2D eigenvalue weighted by Gasteiger charge is -2.33. The molecule has 1 fully saturated rings. The van der Waals surface area contributed by atoms with E-state index in [4.69, 9.17) is 11.6 Å². The zero-order valence-corrected chi connectivity index (χ0v) is 16.3. The van der Waals surface area contributed by atoms with E-state index in [0.29, 0.717) is 11.4 Å². The number of amides is 1. The summed E-state index contributed by atoms with van der Waals surface area (Å²) in [5, 5.41) is 11.5. The second-order valence-electron chi connectivity index (χ2n) is 7.16. The van der Waals surface area contributed by atoms with Crippen LogP contribution < -0.4 is 10.2 Å². The van der Waals surface area contributed by atoms with E-state index in [1.807, 2.05) is 42.5 Å². The number of halogens is 1. The Morgan fingerprint density at radius 1 is 1.18 bits per heavy atom. The van der Waals surface area contributed by atoms with Crippen LogP contribution in [0.2, 0.25) is 5.02 Å². The molecule has 6 heteroatoms. The van der Waals surface area contributed by atoms with Crippen molar-refractivity contribution < 1.29 is 4.79 Å². The van der Waals surface area contributed by atoms with E-state index >= 15 is 0 Å². The first-order valence-corrected chi connectivity index (χ1v) is 9.95. The van der Waals surface area contributed by atoms with Crippen molar-refractivity contribution in [3.8, 4) is 11.3 Å². The molecule has 2 N–H and O–H groups in total. The number of hydrogen-bond acceptors (Lipinski definition) is 3. The van der Waals surface area contributed by atoms with Gasteiger partial charge in [0.05, 0.1) is 12.1 Å². The molecular weight excluding hydrogens is 372 g/mol. The van der Waals surface area contributed by atoms with Gasteiger partial charge in [-0.25, -0.2) is 0 Å². The van der Waals surface area contributed by atoms with Gasteiger partial charge in [-0.05, 0) is 36.1 Å². The minimum Gasteiger partial charge on any atom is -0.353 e. The second kappa shape index (κ2) is 8.48. The van der Waals surface area contributed by atoms with Crippen molar-refractivity contribution in [2.75, 3.05) is 18.0 Å². The summed E-state index contributed by atoms with van der Waals surface area (Å²) in [6.45, 7) is 1.72. The van der Waals surface area contributed by atoms with Crippen molar-refractivity contribution in [3.63, 3.8) is 0 Å². The van der Waals surface area contributed by atoms with E-state index in [2.05, 4.69) is 38.6 Å². The van der Waals surface area contributed by atoms with Crippen LogP contribution in [0.15, 0.2) is 60.7 Å². The van der Waals surface area contributed by atoms with Crippen LogP contribution in [-0.2, 0) is 11.2 Å². The lowest BCUT2D eigenvalue weighted by molar-refractivity contribution is -0.121. The van der Waals surface area contributed by atoms with Crippen LogP contribution in [0.1, 0.15) is 18.4 Å². The van der Waals surface area contributed by atoms with Gasteiger partial charge in [-0.2, -0.15) is 5.10 Å². The largest absolute Gasteiger partial charge is 0.353 e. The lowest BCUT2D eigenvalue weighted by Crippen LogP contribution is -2.48. The number of nitrogens with zero attached hydrogens (tertiary/aromatic N) is 2. The molecule has 0 radical (unpaired) electrons. The van der Waals surface area contributed by atoms with Gasteiger partial charge in [-0.15, -0.1) is 0 Å². The van der Waals surface area contributed by atoms with E-state index in [1.165, 1.54) is 0 Å². The zero-order valence-electron chi connectivity index (χ0n) is 15.6. The Morgan fingerprint density at radius 3 is 2.75 bits per heavy atom. The zero-order chi connectivity index (χ0) is 19.3. The van der Waals surface area contributed by atoms with Gasteiger partial charge in [0.2, 0.25) is 5.91 Å². The maximum Gasteiger partial charge on any atom is 0.224 e. The predicted octanol–water partition coefficient (Wildman–Crippen LogP) is 4.06. The molecule has 1 amide bonds. The average molecular weight is 395 g/mol. The van der Waals surface area contributed by atoms with Gasteiger partial charge >= 0.3 is 0 Å². The topological polar surface area (TPSA) is 61.0 Å². The predicted molar refractivity (Wildman–Crippen MR) is 113 cm³/mol. The molecule has 0 spiro atoms. The summed E-state index contributed by atoms with van der Waals surface area (Å²) in [6, 6.07) is 19.8. The highest BCUT2D eigenvalue weighted by Gasteiger charge is 2.23. The third kappa shape index (κ3) is 4.54. The summed E-state index contributed by atoms with van der Waals surface area (Å²) in [7, 11) is 0. The van der Waals surface area contributed by atoms with Crippen molar-refractivity contribution >= 4 is 23.3 Å². The summed E-state index contributed by atoms with van der Waals surface area (Å²) in [5.41, 5.74) is 3.09. The summed E-state index contributed by atoms with van der Waals surface area (Å²) < 4.78 is 0. The first-order chi connectivity index (χ1) is 13.7. The number of aromatic amines is 1. The third-order valence-electron chi connectivity index (χ3n) is 5.04. The normalized spacial score (nSPS) is 16.8. The van der Waals surface area contributed by atoms with E-state index in [1.54, 1.807) is 0 Å². The number of aromatic nitrogens is 2. The van der Waals surface area contributed by atoms with Crippen LogP contribution in [0, 0.1) is 0 Å². The Bertz CT molecular complexity index is 923. The highest BCUT2D eigenvalue weighted by Crippen LogP contribution is 2.24. The summed E-state index contributed by atoms with van der Waals surface area (Å²) in [6.07, 6.45) is 2.38. The number of H-pyrrole nitrogens is 1. The van der Waals surface area contributed by atoms with Gasteiger partial charge in [0.1, 0.15) is 0 Å². The molecule has 144 valence electrons. The smallest absolute Gasteiger partial charge is 0.224 e. The molecule has 1 aliphatic rings. The van der Waals surface area contributed by atoms with Crippen LogP contribution >= 0.6 is 11.6 Å². The molecule has 4 rings (SSSR count). The number of nitrogens with one attached hydrogen (secondary N) is 2. The fraction of sp³-hybridized carbons (Fsp3) is 0.273. The molecule has 1 aliphatic heterocycles. The van der Waals surface area contributed by atoms with Crippen LogP contribution in [-0.4, -0.2) is 35.2 Å². The minimum atomic E-state index is 0.0428. The van der Waals surface area contributed by atoms with Crippen LogP contribution in [0.3, 0.4) is 0 Å². The van der Waals surface area contributed by atoms with Crippen molar-refractivity contribution in [2.24, 2.45) is 0 Å². The molecule has 2 heterocycles. The van der Waals surface area contributed by atoms with Crippen LogP contribution in [0.4, 0.5) is 5.82 Å². The van der Waals surface area contributed by atoms with Gasteiger partial charge in [0.25, 0.3) is 0 Å². The van der Waals surface area contributed by atoms with E-state index in [-0.39, 0.29) is 11.9 Å². The molecule has 0 unspecified atom stereocenters. The molecule has 28 heavy (non-hydrogen) atoms. The van der Waals surface area contributed by atoms with Crippen molar-refractivity contribution in [2.45, 2.75) is 25.3 Å². The number of anilines is 1. The average Bonchev–Trinajstić information content (AvgIpc) is 3.21. The monoisotopic (exact) mass is 394 g/mol. The Morgan fingerprint density at radius 2 is 1.96 bits per heavy atom. The molecule has 1 aromatic heterocycles. The lowest BCUT2D eigenvalue weighted by atomic mass is 10.0. The molecule has 2 aromatic carbocycles. The van der Waals surface area contributed by atoms with E-state index in [9.17, 15) is 4.79 Å². The molecule has 0 aliphatic carbocycles. The Hall–Kier alpha value is -2.79. The number of rotatable bonds is 5. The second-order valence-corrected chi connectivity index (χ2v) is 7.60. The number of carbonyl (C=O) groups is 1. The number of piperidine rings is 1. The fourth-order valence-corrected chi connectivity index (χ4v) is 3.73. The molecular formula is C22H23ClN4O. The van der Waals surface area contributed by atoms with Crippen molar-refractivity contribution in [1.29, 1.82) is 0 Å². The first kappa shape index (κ1) is 18.6. The Balaban J connectivity index is 1.36. The maximum absolute atomic E-state index is 12.4. The number of carbonyl (C=O) groups excluding carboxylic acids is 1. The highest BCUT2D eigenvalue weighted by atomic mass is 35.5. The maximum atomic E-state index is 12.4. The van der Waals surface area contributed by atoms with Crippen molar-refractivity contribution in [3.05, 3.63) is 71.2 Å². The molecule has 5 nitrogen and oxygen atoms in total. The van der Waals surface area contributed by atoms with Crippen LogP contribution in [0.5, 0.6) is 0 Å². The van der Waals surface area contributed by atoms with E-state index < -0.39 is 0 Å². The Labute approximate surface area is 169 Å². The summed E-state index contributed by atoms with van der Waals surface area (Å²) >= 11 is 5.90. The van der Waals surface area contributed by atoms with Gasteiger partial charge in [-0.1, -0.05) is 54.1 Å². The van der Waals surface area contributed by atoms with Gasteiger partial charge in [0.15, 0.2) is 5.82 Å². The molecule has 0 saturated carbocycles. The fourth-order valence-electron chi connectivity index (χ4n) is 3.61. The molecule has 3 aromatic rings. The quantitative estimate of drug-likeness (QED) is 0.686. The minimum absolute atomic E-state index is 0.0428. The van der Waals surface area contributed by atoms with E-state index in [0.717, 1.165) is 48.6 Å². The van der Waals surface area contributed by atoms with Gasteiger partial charge in [-0.3, -0.25) is 9.89 Å². The van der Waals surface area contributed by atoms with Crippen LogP contribution in [0.25, 0.3) is 11.3 Å². The number of hydrogen-bond donors (Lipinski definition) is 2. The molecule has 1 saturated heterocycles. The SMILES string of the molecule is O=C(Cc1ccc(Cl)cc1)N[C@@H]1CCCN(c2cc(-c3ccccc3)[nH]n2)C1. The van der Waals surface area contributed by atoms with Gasteiger partial charge < -0.3 is 10.2 Å². The van der Waals surface area contributed by atoms with Gasteiger partial charge in [0, 0.05) is 30.2 Å². The molecule has 0 bridgehead atoms. The third-order valence-corrected chi connectivity index (χ3v) is 5.29. The molecule has 1 atom stereocenters. The number of benzene rings is 2. The standard InChI is InChI=1S/C22H23ClN4O/c23-18-10-8-16(9-11-18)13-22(28)24-19-7-4-12-27(15-19)21-14-20(25-26-21)17-5-2-1-3-6-17/h1-3,5-6,8-11,14,19H,4,7,12-13,15H2,(H,24,28)(H,25,26)/t19-/m1/s1.